The van der Waals surface area contributed by atoms with Crippen LogP contribution in [0.25, 0.3) is 0 Å². The molecule has 1 fully saturated rings. The van der Waals surface area contributed by atoms with Crippen molar-refractivity contribution in [3.05, 3.63) is 34.9 Å². The maximum atomic E-state index is 12.3. The van der Waals surface area contributed by atoms with Crippen molar-refractivity contribution >= 4 is 11.9 Å². The molecule has 0 spiro atoms. The Labute approximate surface area is 138 Å². The summed E-state index contributed by atoms with van der Waals surface area (Å²) in [6, 6.07) is 6.37. The molecule has 0 radical (unpaired) electrons. The fraction of sp³-hybridized carbons (Fsp3) is 0.579. The van der Waals surface area contributed by atoms with Crippen molar-refractivity contribution in [2.45, 2.75) is 46.5 Å². The van der Waals surface area contributed by atoms with Gasteiger partial charge < -0.3 is 9.64 Å². The van der Waals surface area contributed by atoms with E-state index in [1.54, 1.807) is 0 Å². The number of carbonyl (C=O) groups excluding carboxylic acids is 2. The zero-order chi connectivity index (χ0) is 16.8. The fourth-order valence-electron chi connectivity index (χ4n) is 2.99. The van der Waals surface area contributed by atoms with E-state index in [9.17, 15) is 9.59 Å². The van der Waals surface area contributed by atoms with E-state index in [2.05, 4.69) is 32.0 Å². The molecule has 1 aromatic rings. The van der Waals surface area contributed by atoms with E-state index in [0.29, 0.717) is 39.0 Å². The summed E-state index contributed by atoms with van der Waals surface area (Å²) in [5.41, 5.74) is 3.76. The Kier molecular flexibility index (Phi) is 6.20. The minimum atomic E-state index is -0.116. The average Bonchev–Trinajstić information content (AvgIpc) is 2.56. The third kappa shape index (κ3) is 4.81. The predicted octanol–water partition coefficient (Wildman–Crippen LogP) is 3.04. The summed E-state index contributed by atoms with van der Waals surface area (Å²) in [5, 5.41) is 0. The van der Waals surface area contributed by atoms with E-state index in [4.69, 9.17) is 4.74 Å². The zero-order valence-corrected chi connectivity index (χ0v) is 14.4. The highest BCUT2D eigenvalue weighted by atomic mass is 16.5. The highest BCUT2D eigenvalue weighted by Crippen LogP contribution is 2.20. The molecule has 1 aliphatic rings. The molecule has 0 aliphatic carbocycles. The third-order valence-corrected chi connectivity index (χ3v) is 4.67. The van der Waals surface area contributed by atoms with Gasteiger partial charge in [-0.2, -0.15) is 0 Å². The molecule has 1 aromatic carbocycles. The minimum Gasteiger partial charge on any atom is -0.466 e. The summed E-state index contributed by atoms with van der Waals surface area (Å²) < 4.78 is 5.06. The topological polar surface area (TPSA) is 46.6 Å². The second-order valence-corrected chi connectivity index (χ2v) is 6.33. The monoisotopic (exact) mass is 317 g/mol. The lowest BCUT2D eigenvalue weighted by Gasteiger charge is -2.31. The van der Waals surface area contributed by atoms with Crippen molar-refractivity contribution in [2.75, 3.05) is 19.7 Å². The van der Waals surface area contributed by atoms with Gasteiger partial charge in [0.15, 0.2) is 0 Å². The molecular weight excluding hydrogens is 290 g/mol. The average molecular weight is 317 g/mol. The molecule has 0 saturated carbocycles. The van der Waals surface area contributed by atoms with Crippen LogP contribution in [0.15, 0.2) is 18.2 Å². The van der Waals surface area contributed by atoms with Crippen LogP contribution in [0, 0.1) is 19.8 Å². The van der Waals surface area contributed by atoms with Gasteiger partial charge in [0.1, 0.15) is 0 Å². The Hall–Kier alpha value is -1.84. The number of esters is 1. The molecule has 23 heavy (non-hydrogen) atoms. The first-order chi connectivity index (χ1) is 11.0. The number of aryl methyl sites for hydroxylation is 3. The lowest BCUT2D eigenvalue weighted by molar-refractivity contribution is -0.151. The number of piperidine rings is 1. The van der Waals surface area contributed by atoms with Crippen LogP contribution < -0.4 is 0 Å². The molecule has 0 N–H and O–H groups in total. The van der Waals surface area contributed by atoms with Gasteiger partial charge in [-0.25, -0.2) is 0 Å². The molecule has 1 saturated heterocycles. The van der Waals surface area contributed by atoms with Gasteiger partial charge in [0, 0.05) is 19.5 Å². The Balaban J connectivity index is 1.79. The SMILES string of the molecule is CCOC(=O)C1CCN(C(=O)CCc2ccc(C)c(C)c2)CC1. The van der Waals surface area contributed by atoms with Crippen molar-refractivity contribution in [2.24, 2.45) is 5.92 Å². The normalized spacial score (nSPS) is 15.5. The van der Waals surface area contributed by atoms with Crippen LogP contribution in [-0.4, -0.2) is 36.5 Å². The van der Waals surface area contributed by atoms with E-state index < -0.39 is 0 Å². The molecule has 1 heterocycles. The molecule has 126 valence electrons. The van der Waals surface area contributed by atoms with Gasteiger partial charge in [0.05, 0.1) is 12.5 Å². The summed E-state index contributed by atoms with van der Waals surface area (Å²) >= 11 is 0. The van der Waals surface area contributed by atoms with Crippen LogP contribution in [0.3, 0.4) is 0 Å². The Bertz CT molecular complexity index is 560. The molecule has 4 nitrogen and oxygen atoms in total. The van der Waals surface area contributed by atoms with Crippen LogP contribution in [-0.2, 0) is 20.7 Å². The molecule has 0 atom stereocenters. The van der Waals surface area contributed by atoms with Crippen molar-refractivity contribution in [1.29, 1.82) is 0 Å². The van der Waals surface area contributed by atoms with E-state index in [1.807, 2.05) is 11.8 Å². The van der Waals surface area contributed by atoms with Gasteiger partial charge >= 0.3 is 5.97 Å². The van der Waals surface area contributed by atoms with E-state index in [1.165, 1.54) is 16.7 Å². The summed E-state index contributed by atoms with van der Waals surface area (Å²) in [7, 11) is 0. The molecule has 0 unspecified atom stereocenters. The zero-order valence-electron chi connectivity index (χ0n) is 14.4. The van der Waals surface area contributed by atoms with Crippen molar-refractivity contribution in [3.63, 3.8) is 0 Å². The molecular formula is C19H27NO3. The number of rotatable bonds is 5. The number of benzene rings is 1. The van der Waals surface area contributed by atoms with Crippen LogP contribution in [0.4, 0.5) is 0 Å². The summed E-state index contributed by atoms with van der Waals surface area (Å²) in [5.74, 6) is 0.0269. The van der Waals surface area contributed by atoms with E-state index in [0.717, 1.165) is 6.42 Å². The standard InChI is InChI=1S/C19H27NO3/c1-4-23-19(22)17-9-11-20(12-10-17)18(21)8-7-16-6-5-14(2)15(3)13-16/h5-6,13,17H,4,7-12H2,1-3H3. The van der Waals surface area contributed by atoms with Gasteiger partial charge in [-0.3, -0.25) is 9.59 Å². The number of nitrogens with zero attached hydrogens (tertiary/aromatic N) is 1. The third-order valence-electron chi connectivity index (χ3n) is 4.67. The van der Waals surface area contributed by atoms with Gasteiger partial charge in [-0.15, -0.1) is 0 Å². The summed E-state index contributed by atoms with van der Waals surface area (Å²) in [4.78, 5) is 25.9. The molecule has 4 heteroatoms. The summed E-state index contributed by atoms with van der Waals surface area (Å²) in [6.07, 6.45) is 2.74. The summed E-state index contributed by atoms with van der Waals surface area (Å²) in [6.45, 7) is 7.76. The van der Waals surface area contributed by atoms with Gasteiger partial charge in [-0.1, -0.05) is 18.2 Å². The lowest BCUT2D eigenvalue weighted by atomic mass is 9.96. The molecule has 0 bridgehead atoms. The first-order valence-corrected chi connectivity index (χ1v) is 8.51. The Morgan fingerprint density at radius 2 is 1.87 bits per heavy atom. The van der Waals surface area contributed by atoms with E-state index >= 15 is 0 Å². The number of likely N-dealkylation sites (tertiary alicyclic amines) is 1. The van der Waals surface area contributed by atoms with Crippen LogP contribution in [0.1, 0.15) is 42.9 Å². The number of amides is 1. The number of ether oxygens (including phenoxy) is 1. The minimum absolute atomic E-state index is 0.0428. The van der Waals surface area contributed by atoms with Crippen molar-refractivity contribution in [3.8, 4) is 0 Å². The van der Waals surface area contributed by atoms with Crippen LogP contribution >= 0.6 is 0 Å². The Morgan fingerprint density at radius 1 is 1.17 bits per heavy atom. The van der Waals surface area contributed by atoms with Gasteiger partial charge in [0.2, 0.25) is 5.91 Å². The first-order valence-electron chi connectivity index (χ1n) is 8.51. The smallest absolute Gasteiger partial charge is 0.309 e. The number of hydrogen-bond acceptors (Lipinski definition) is 3. The van der Waals surface area contributed by atoms with Crippen LogP contribution in [0.2, 0.25) is 0 Å². The maximum absolute atomic E-state index is 12.3. The number of hydrogen-bond donors (Lipinski definition) is 0. The second kappa shape index (κ2) is 8.14. The van der Waals surface area contributed by atoms with E-state index in [-0.39, 0.29) is 17.8 Å². The predicted molar refractivity (Wildman–Crippen MR) is 90.2 cm³/mol. The molecule has 2 rings (SSSR count). The molecule has 0 aromatic heterocycles. The fourth-order valence-corrected chi connectivity index (χ4v) is 2.99. The lowest BCUT2D eigenvalue weighted by Crippen LogP contribution is -2.40. The van der Waals surface area contributed by atoms with Crippen molar-refractivity contribution < 1.29 is 14.3 Å². The van der Waals surface area contributed by atoms with Crippen LogP contribution in [0.5, 0.6) is 0 Å². The Morgan fingerprint density at radius 3 is 2.48 bits per heavy atom. The molecule has 1 amide bonds. The highest BCUT2D eigenvalue weighted by molar-refractivity contribution is 5.77. The second-order valence-electron chi connectivity index (χ2n) is 6.33. The quantitative estimate of drug-likeness (QED) is 0.784. The first kappa shape index (κ1) is 17.5. The molecule has 1 aliphatic heterocycles. The van der Waals surface area contributed by atoms with Gasteiger partial charge in [-0.05, 0) is 56.7 Å². The highest BCUT2D eigenvalue weighted by Gasteiger charge is 2.27. The maximum Gasteiger partial charge on any atom is 0.309 e. The van der Waals surface area contributed by atoms with Gasteiger partial charge in [0.25, 0.3) is 0 Å². The largest absolute Gasteiger partial charge is 0.466 e. The van der Waals surface area contributed by atoms with Crippen molar-refractivity contribution in [1.82, 2.24) is 4.90 Å². The number of carbonyl (C=O) groups is 2.